The molecular formula is C12H12F3N5O. The summed E-state index contributed by atoms with van der Waals surface area (Å²) in [6, 6.07) is 3.93. The highest BCUT2D eigenvalue weighted by Gasteiger charge is 2.30. The van der Waals surface area contributed by atoms with Gasteiger partial charge in [0, 0.05) is 23.0 Å². The molecule has 112 valence electrons. The molecule has 0 aliphatic heterocycles. The van der Waals surface area contributed by atoms with E-state index in [9.17, 15) is 18.0 Å². The molecule has 1 aromatic carbocycles. The van der Waals surface area contributed by atoms with Crippen LogP contribution in [0.4, 0.5) is 24.7 Å². The third-order valence-corrected chi connectivity index (χ3v) is 2.56. The molecule has 6 nitrogen and oxygen atoms in total. The molecule has 0 fully saturated rings. The summed E-state index contributed by atoms with van der Waals surface area (Å²) in [5, 5.41) is 6.31. The molecule has 2 rings (SSSR count). The maximum Gasteiger partial charge on any atom is 0.416 e. The Morgan fingerprint density at radius 1 is 1.38 bits per heavy atom. The number of carbonyl (C=O) groups is 1. The van der Waals surface area contributed by atoms with E-state index >= 15 is 0 Å². The van der Waals surface area contributed by atoms with Crippen LogP contribution in [0, 0.1) is 0 Å². The van der Waals surface area contributed by atoms with Crippen LogP contribution in [0.25, 0.3) is 0 Å². The van der Waals surface area contributed by atoms with Gasteiger partial charge >= 0.3 is 6.18 Å². The Bertz CT molecular complexity index is 740. The van der Waals surface area contributed by atoms with Gasteiger partial charge in [0.05, 0.1) is 5.56 Å². The van der Waals surface area contributed by atoms with Gasteiger partial charge < -0.3 is 5.32 Å². The number of anilines is 2. The lowest BCUT2D eigenvalue weighted by atomic mass is 10.2. The highest BCUT2D eigenvalue weighted by molar-refractivity contribution is 5.98. The van der Waals surface area contributed by atoms with Crippen molar-refractivity contribution in [2.45, 2.75) is 6.18 Å². The molecule has 0 aliphatic rings. The predicted octanol–water partition coefficient (Wildman–Crippen LogP) is 1.79. The number of amides is 1. The highest BCUT2D eigenvalue weighted by Crippen LogP contribution is 2.30. The SMILES string of the molecule is [2H]C([2H])([2H])n1cc(C(=O)NN)c(Nc2ccc(C(F)(F)F)cc2)n1. The number of aromatic nitrogens is 2. The van der Waals surface area contributed by atoms with Crippen molar-refractivity contribution in [1.29, 1.82) is 0 Å². The zero-order valence-electron chi connectivity index (χ0n) is 13.4. The maximum absolute atomic E-state index is 12.5. The van der Waals surface area contributed by atoms with Gasteiger partial charge in [0.2, 0.25) is 0 Å². The average molecular weight is 302 g/mol. The molecule has 1 heterocycles. The fraction of sp³-hybridized carbons (Fsp3) is 0.167. The molecule has 0 saturated carbocycles. The molecule has 0 saturated heterocycles. The first-order valence-corrected chi connectivity index (χ1v) is 5.58. The number of hydrogen-bond acceptors (Lipinski definition) is 4. The number of halogens is 3. The van der Waals surface area contributed by atoms with Crippen molar-refractivity contribution in [3.05, 3.63) is 41.6 Å². The van der Waals surface area contributed by atoms with E-state index in [0.717, 1.165) is 30.5 Å². The Kier molecular flexibility index (Phi) is 2.89. The van der Waals surface area contributed by atoms with E-state index in [1.54, 1.807) is 0 Å². The Balaban J connectivity index is 2.34. The van der Waals surface area contributed by atoms with Gasteiger partial charge in [-0.1, -0.05) is 0 Å². The van der Waals surface area contributed by atoms with Crippen LogP contribution in [0.15, 0.2) is 30.5 Å². The first kappa shape index (κ1) is 11.1. The molecule has 0 bridgehead atoms. The molecule has 0 atom stereocenters. The minimum atomic E-state index is -4.48. The number of alkyl halides is 3. The minimum absolute atomic E-state index is 0.158. The van der Waals surface area contributed by atoms with Crippen molar-refractivity contribution in [2.75, 3.05) is 5.32 Å². The first-order valence-electron chi connectivity index (χ1n) is 7.08. The monoisotopic (exact) mass is 302 g/mol. The smallest absolute Gasteiger partial charge is 0.338 e. The van der Waals surface area contributed by atoms with Crippen LogP contribution in [-0.4, -0.2) is 15.7 Å². The molecular weight excluding hydrogens is 287 g/mol. The number of rotatable bonds is 3. The molecule has 0 unspecified atom stereocenters. The molecule has 21 heavy (non-hydrogen) atoms. The first-order chi connectivity index (χ1) is 11.0. The summed E-state index contributed by atoms with van der Waals surface area (Å²) in [6.45, 7) is -2.64. The third-order valence-electron chi connectivity index (χ3n) is 2.56. The maximum atomic E-state index is 12.5. The lowest BCUT2D eigenvalue weighted by Gasteiger charge is -2.09. The quantitative estimate of drug-likeness (QED) is 0.458. The normalized spacial score (nSPS) is 14.0. The Hall–Kier alpha value is -2.55. The summed E-state index contributed by atoms with van der Waals surface area (Å²) in [4.78, 5) is 11.7. The van der Waals surface area contributed by atoms with E-state index in [1.165, 1.54) is 0 Å². The summed E-state index contributed by atoms with van der Waals surface area (Å²) >= 11 is 0. The van der Waals surface area contributed by atoms with E-state index < -0.39 is 24.6 Å². The van der Waals surface area contributed by atoms with Gasteiger partial charge in [-0.25, -0.2) is 5.84 Å². The molecule has 1 amide bonds. The van der Waals surface area contributed by atoms with Gasteiger partial charge in [-0.15, -0.1) is 0 Å². The zero-order chi connectivity index (χ0) is 18.1. The highest BCUT2D eigenvalue weighted by atomic mass is 19.4. The number of nitrogen functional groups attached to an aromatic ring is 1. The van der Waals surface area contributed by atoms with Crippen LogP contribution < -0.4 is 16.6 Å². The van der Waals surface area contributed by atoms with Crippen molar-refractivity contribution in [1.82, 2.24) is 15.2 Å². The Morgan fingerprint density at radius 2 is 2.05 bits per heavy atom. The predicted molar refractivity (Wildman–Crippen MR) is 69.6 cm³/mol. The molecule has 0 aliphatic carbocycles. The number of hydrazine groups is 1. The van der Waals surface area contributed by atoms with Crippen LogP contribution in [0.3, 0.4) is 0 Å². The zero-order valence-corrected chi connectivity index (χ0v) is 10.4. The number of benzene rings is 1. The number of nitrogens with two attached hydrogens (primary N) is 1. The Morgan fingerprint density at radius 3 is 2.57 bits per heavy atom. The molecule has 4 N–H and O–H groups in total. The van der Waals surface area contributed by atoms with Gasteiger partial charge in [0.25, 0.3) is 5.91 Å². The van der Waals surface area contributed by atoms with Crippen LogP contribution in [0.5, 0.6) is 0 Å². The van der Waals surface area contributed by atoms with Crippen molar-refractivity contribution in [2.24, 2.45) is 12.8 Å². The minimum Gasteiger partial charge on any atom is -0.338 e. The van der Waals surface area contributed by atoms with Crippen LogP contribution in [-0.2, 0) is 13.2 Å². The fourth-order valence-electron chi connectivity index (χ4n) is 1.59. The number of aryl methyl sites for hydroxylation is 1. The summed E-state index contributed by atoms with van der Waals surface area (Å²) < 4.78 is 60.0. The van der Waals surface area contributed by atoms with E-state index in [4.69, 9.17) is 9.95 Å². The molecule has 0 radical (unpaired) electrons. The second-order valence-corrected chi connectivity index (χ2v) is 4.01. The average Bonchev–Trinajstić information content (AvgIpc) is 2.90. The van der Waals surface area contributed by atoms with Gasteiger partial charge in [-0.2, -0.15) is 18.3 Å². The number of nitrogens with zero attached hydrogens (tertiary/aromatic N) is 2. The fourth-order valence-corrected chi connectivity index (χ4v) is 1.59. The lowest BCUT2D eigenvalue weighted by Crippen LogP contribution is -2.30. The van der Waals surface area contributed by atoms with Gasteiger partial charge in [0.1, 0.15) is 5.56 Å². The largest absolute Gasteiger partial charge is 0.416 e. The number of nitrogens with one attached hydrogen (secondary N) is 2. The van der Waals surface area contributed by atoms with Gasteiger partial charge in [-0.3, -0.25) is 14.9 Å². The molecule has 1 aromatic heterocycles. The van der Waals surface area contributed by atoms with Crippen LogP contribution >= 0.6 is 0 Å². The van der Waals surface area contributed by atoms with Crippen molar-refractivity contribution < 1.29 is 22.1 Å². The van der Waals surface area contributed by atoms with Gasteiger partial charge in [0.15, 0.2) is 5.82 Å². The van der Waals surface area contributed by atoms with E-state index in [1.807, 2.05) is 5.43 Å². The molecule has 0 spiro atoms. The summed E-state index contributed by atoms with van der Waals surface area (Å²) in [5.74, 6) is 4.06. The number of carbonyl (C=O) groups excluding carboxylic acids is 1. The van der Waals surface area contributed by atoms with E-state index in [-0.39, 0.29) is 17.1 Å². The Labute approximate surface area is 121 Å². The second-order valence-electron chi connectivity index (χ2n) is 4.01. The summed E-state index contributed by atoms with van der Waals surface area (Å²) in [7, 11) is 0. The summed E-state index contributed by atoms with van der Waals surface area (Å²) in [6.07, 6.45) is -3.52. The van der Waals surface area contributed by atoms with Crippen molar-refractivity contribution in [3.8, 4) is 0 Å². The topological polar surface area (TPSA) is 85.0 Å². The van der Waals surface area contributed by atoms with Crippen molar-refractivity contribution >= 4 is 17.4 Å². The van der Waals surface area contributed by atoms with Crippen LogP contribution in [0.2, 0.25) is 0 Å². The molecule has 2 aromatic rings. The number of hydrogen-bond donors (Lipinski definition) is 3. The van der Waals surface area contributed by atoms with Gasteiger partial charge in [-0.05, 0) is 24.3 Å². The van der Waals surface area contributed by atoms with Crippen LogP contribution in [0.1, 0.15) is 20.0 Å². The second kappa shape index (κ2) is 5.44. The summed E-state index contributed by atoms with van der Waals surface area (Å²) in [5.41, 5.74) is 1.00. The standard InChI is InChI=1S/C12H12F3N5O/c1-20-6-9(11(21)18-16)10(19-20)17-8-4-2-7(3-5-8)12(13,14)15/h2-6H,16H2,1H3,(H,17,19)(H,18,21)/i1D3. The van der Waals surface area contributed by atoms with E-state index in [0.29, 0.717) is 4.68 Å². The lowest BCUT2D eigenvalue weighted by molar-refractivity contribution is -0.137. The molecule has 9 heteroatoms. The van der Waals surface area contributed by atoms with E-state index in [2.05, 4.69) is 10.4 Å². The third kappa shape index (κ3) is 3.31. The van der Waals surface area contributed by atoms with Crippen molar-refractivity contribution in [3.63, 3.8) is 0 Å².